The minimum absolute atomic E-state index is 0.274. The lowest BCUT2D eigenvalue weighted by atomic mass is 9.99. The number of nitrogens with zero attached hydrogens (tertiary/aromatic N) is 2. The van der Waals surface area contributed by atoms with Gasteiger partial charge in [-0.05, 0) is 36.6 Å². The summed E-state index contributed by atoms with van der Waals surface area (Å²) in [6.45, 7) is 4.32. The topological polar surface area (TPSA) is 17.8 Å². The number of hydrogen-bond donors (Lipinski definition) is 0. The van der Waals surface area contributed by atoms with Crippen molar-refractivity contribution < 1.29 is 0 Å². The number of rotatable bonds is 3. The highest BCUT2D eigenvalue weighted by Crippen LogP contribution is 2.25. The van der Waals surface area contributed by atoms with Crippen molar-refractivity contribution >= 4 is 11.6 Å². The maximum absolute atomic E-state index is 6.05. The van der Waals surface area contributed by atoms with Gasteiger partial charge in [-0.3, -0.25) is 0 Å². The van der Waals surface area contributed by atoms with Crippen molar-refractivity contribution in [1.29, 1.82) is 0 Å². The van der Waals surface area contributed by atoms with Crippen molar-refractivity contribution in [3.05, 3.63) is 53.1 Å². The average Bonchev–Trinajstić information content (AvgIpc) is 2.81. The van der Waals surface area contributed by atoms with E-state index in [9.17, 15) is 0 Å². The average molecular weight is 235 g/mol. The second kappa shape index (κ2) is 4.71. The predicted molar refractivity (Wildman–Crippen MR) is 66.9 cm³/mol. The minimum Gasteiger partial charge on any atom is -0.330 e. The van der Waals surface area contributed by atoms with Crippen LogP contribution >= 0.6 is 11.6 Å². The third-order valence-corrected chi connectivity index (χ3v) is 3.15. The van der Waals surface area contributed by atoms with Gasteiger partial charge in [-0.2, -0.15) is 0 Å². The summed E-state index contributed by atoms with van der Waals surface area (Å²) in [5, 5.41) is 0.791. The van der Waals surface area contributed by atoms with Crippen molar-refractivity contribution in [1.82, 2.24) is 9.55 Å². The zero-order valence-electron chi connectivity index (χ0n) is 9.52. The fraction of sp³-hybridized carbons (Fsp3) is 0.308. The van der Waals surface area contributed by atoms with Gasteiger partial charge >= 0.3 is 0 Å². The molecule has 1 unspecified atom stereocenters. The van der Waals surface area contributed by atoms with Crippen LogP contribution in [0.4, 0.5) is 0 Å². The Bertz CT molecular complexity index is 463. The van der Waals surface area contributed by atoms with Crippen molar-refractivity contribution in [2.75, 3.05) is 0 Å². The molecule has 3 heteroatoms. The van der Waals surface area contributed by atoms with Gasteiger partial charge in [-0.15, -0.1) is 0 Å². The highest BCUT2D eigenvalue weighted by molar-refractivity contribution is 6.30. The molecule has 0 saturated carbocycles. The molecule has 1 aromatic heterocycles. The van der Waals surface area contributed by atoms with Crippen LogP contribution < -0.4 is 0 Å². The largest absolute Gasteiger partial charge is 0.330 e. The van der Waals surface area contributed by atoms with Crippen LogP contribution in [-0.2, 0) is 6.42 Å². The summed E-state index contributed by atoms with van der Waals surface area (Å²) in [4.78, 5) is 4.08. The monoisotopic (exact) mass is 234 g/mol. The molecule has 0 fully saturated rings. The van der Waals surface area contributed by atoms with Crippen molar-refractivity contribution in [3.63, 3.8) is 0 Å². The van der Waals surface area contributed by atoms with Gasteiger partial charge in [0.1, 0.15) is 0 Å². The molecule has 2 nitrogen and oxygen atoms in total. The van der Waals surface area contributed by atoms with Crippen LogP contribution in [0.2, 0.25) is 5.02 Å². The third-order valence-electron chi connectivity index (χ3n) is 2.91. The quantitative estimate of drug-likeness (QED) is 0.792. The van der Waals surface area contributed by atoms with Gasteiger partial charge in [0.25, 0.3) is 0 Å². The minimum atomic E-state index is 0.274. The molecule has 1 aromatic carbocycles. The van der Waals surface area contributed by atoms with E-state index in [0.717, 1.165) is 11.4 Å². The first-order valence-corrected chi connectivity index (χ1v) is 5.86. The van der Waals surface area contributed by atoms with Crippen LogP contribution in [0.25, 0.3) is 0 Å². The standard InChI is InChI=1S/C13H15ClN2/c1-3-11-4-5-12(14)8-13(11)10(2)16-7-6-15-9-16/h4-10H,3H2,1-2H3. The molecule has 0 saturated heterocycles. The fourth-order valence-corrected chi connectivity index (χ4v) is 2.12. The summed E-state index contributed by atoms with van der Waals surface area (Å²) in [7, 11) is 0. The highest BCUT2D eigenvalue weighted by Gasteiger charge is 2.11. The molecule has 84 valence electrons. The maximum Gasteiger partial charge on any atom is 0.0951 e. The molecule has 2 aromatic rings. The lowest BCUT2D eigenvalue weighted by Crippen LogP contribution is -2.07. The molecule has 0 radical (unpaired) electrons. The van der Waals surface area contributed by atoms with Crippen LogP contribution in [0.5, 0.6) is 0 Å². The molecule has 0 aliphatic heterocycles. The predicted octanol–water partition coefficient (Wildman–Crippen LogP) is 3.71. The maximum atomic E-state index is 6.05. The van der Waals surface area contributed by atoms with Crippen LogP contribution in [0.1, 0.15) is 31.0 Å². The second-order valence-electron chi connectivity index (χ2n) is 3.88. The van der Waals surface area contributed by atoms with Crippen molar-refractivity contribution in [3.8, 4) is 0 Å². The van der Waals surface area contributed by atoms with Gasteiger partial charge in [-0.1, -0.05) is 24.6 Å². The van der Waals surface area contributed by atoms with E-state index in [1.165, 1.54) is 11.1 Å². The Morgan fingerprint density at radius 3 is 2.88 bits per heavy atom. The Hall–Kier alpha value is -1.28. The summed E-state index contributed by atoms with van der Waals surface area (Å²) in [6.07, 6.45) is 6.63. The number of hydrogen-bond acceptors (Lipinski definition) is 1. The normalized spacial score (nSPS) is 12.7. The molecule has 0 bridgehead atoms. The number of imidazole rings is 1. The van der Waals surface area contributed by atoms with E-state index in [4.69, 9.17) is 11.6 Å². The van der Waals surface area contributed by atoms with E-state index in [-0.39, 0.29) is 6.04 Å². The first kappa shape index (κ1) is 11.2. The zero-order valence-corrected chi connectivity index (χ0v) is 10.3. The number of aromatic nitrogens is 2. The number of halogens is 1. The van der Waals surface area contributed by atoms with E-state index in [2.05, 4.69) is 29.5 Å². The molecule has 0 spiro atoms. The molecule has 1 atom stereocenters. The molecular formula is C13H15ClN2. The molecular weight excluding hydrogens is 220 g/mol. The first-order valence-electron chi connectivity index (χ1n) is 5.48. The molecule has 0 aliphatic carbocycles. The summed E-state index contributed by atoms with van der Waals surface area (Å²) in [5.41, 5.74) is 2.61. The third kappa shape index (κ3) is 2.12. The molecule has 0 N–H and O–H groups in total. The van der Waals surface area contributed by atoms with Gasteiger partial charge in [0.15, 0.2) is 0 Å². The van der Waals surface area contributed by atoms with Crippen LogP contribution in [-0.4, -0.2) is 9.55 Å². The molecule has 0 amide bonds. The van der Waals surface area contributed by atoms with Crippen LogP contribution in [0, 0.1) is 0 Å². The summed E-state index contributed by atoms with van der Waals surface area (Å²) < 4.78 is 2.09. The van der Waals surface area contributed by atoms with Gasteiger partial charge in [0, 0.05) is 17.4 Å². The van der Waals surface area contributed by atoms with E-state index < -0.39 is 0 Å². The zero-order chi connectivity index (χ0) is 11.5. The van der Waals surface area contributed by atoms with Gasteiger partial charge < -0.3 is 4.57 Å². The Kier molecular flexibility index (Phi) is 3.30. The Balaban J connectivity index is 2.42. The SMILES string of the molecule is CCc1ccc(Cl)cc1C(C)n1ccnc1. The molecule has 1 heterocycles. The van der Waals surface area contributed by atoms with Crippen LogP contribution in [0.15, 0.2) is 36.9 Å². The number of aryl methyl sites for hydroxylation is 1. The Morgan fingerprint density at radius 2 is 2.25 bits per heavy atom. The number of benzene rings is 1. The summed E-state index contributed by atoms with van der Waals surface area (Å²) in [5.74, 6) is 0. The molecule has 0 aliphatic rings. The van der Waals surface area contributed by atoms with Crippen molar-refractivity contribution in [2.24, 2.45) is 0 Å². The Morgan fingerprint density at radius 1 is 1.44 bits per heavy atom. The van der Waals surface area contributed by atoms with Crippen molar-refractivity contribution in [2.45, 2.75) is 26.3 Å². The van der Waals surface area contributed by atoms with E-state index >= 15 is 0 Å². The first-order chi connectivity index (χ1) is 7.72. The van der Waals surface area contributed by atoms with Gasteiger partial charge in [0.05, 0.1) is 12.4 Å². The summed E-state index contributed by atoms with van der Waals surface area (Å²) in [6, 6.07) is 6.37. The summed E-state index contributed by atoms with van der Waals surface area (Å²) >= 11 is 6.05. The fourth-order valence-electron chi connectivity index (χ4n) is 1.94. The van der Waals surface area contributed by atoms with Gasteiger partial charge in [0.2, 0.25) is 0 Å². The lowest BCUT2D eigenvalue weighted by molar-refractivity contribution is 0.632. The van der Waals surface area contributed by atoms with E-state index in [0.29, 0.717) is 0 Å². The molecule has 16 heavy (non-hydrogen) atoms. The smallest absolute Gasteiger partial charge is 0.0951 e. The van der Waals surface area contributed by atoms with E-state index in [1.54, 1.807) is 6.20 Å². The van der Waals surface area contributed by atoms with E-state index in [1.807, 2.05) is 24.7 Å². The Labute approximate surface area is 101 Å². The second-order valence-corrected chi connectivity index (χ2v) is 4.32. The molecule has 2 rings (SSSR count). The highest BCUT2D eigenvalue weighted by atomic mass is 35.5. The lowest BCUT2D eigenvalue weighted by Gasteiger charge is -2.17. The van der Waals surface area contributed by atoms with Crippen LogP contribution in [0.3, 0.4) is 0 Å². The van der Waals surface area contributed by atoms with Gasteiger partial charge in [-0.25, -0.2) is 4.98 Å².